The molecule has 0 spiro atoms. The van der Waals surface area contributed by atoms with E-state index in [1.54, 1.807) is 0 Å². The van der Waals surface area contributed by atoms with Crippen LogP contribution >= 0.6 is 0 Å². The molecule has 12 rings (SSSR count). The summed E-state index contributed by atoms with van der Waals surface area (Å²) in [5.41, 5.74) is 20.1. The van der Waals surface area contributed by atoms with Gasteiger partial charge in [0.15, 0.2) is 0 Å². The van der Waals surface area contributed by atoms with E-state index < -0.39 is 0 Å². The largest absolute Gasteiger partial charge is 0.456 e. The lowest BCUT2D eigenvalue weighted by molar-refractivity contribution is 0.660. The van der Waals surface area contributed by atoms with E-state index in [0.717, 1.165) is 21.9 Å². The molecule has 0 atom stereocenters. The number of benzene rings is 9. The van der Waals surface area contributed by atoms with Crippen molar-refractivity contribution >= 4 is 43.5 Å². The van der Waals surface area contributed by atoms with E-state index >= 15 is 0 Å². The first-order valence-electron chi connectivity index (χ1n) is 20.2. The number of furan rings is 1. The van der Waals surface area contributed by atoms with Crippen LogP contribution in [-0.2, 0) is 10.8 Å². The van der Waals surface area contributed by atoms with E-state index in [2.05, 4.69) is 191 Å². The van der Waals surface area contributed by atoms with Crippen molar-refractivity contribution in [3.63, 3.8) is 0 Å². The van der Waals surface area contributed by atoms with Crippen LogP contribution in [0.25, 0.3) is 99.1 Å². The van der Waals surface area contributed by atoms with E-state index in [1.165, 1.54) is 99.4 Å². The Morgan fingerprint density at radius 2 is 0.825 bits per heavy atom. The van der Waals surface area contributed by atoms with Crippen LogP contribution in [0.4, 0.5) is 0 Å². The molecule has 270 valence electrons. The fourth-order valence-corrected chi connectivity index (χ4v) is 10.7. The number of hydrogen-bond donors (Lipinski definition) is 0. The molecule has 0 aliphatic heterocycles. The Labute approximate surface area is 332 Å². The lowest BCUT2D eigenvalue weighted by Gasteiger charge is -2.23. The van der Waals surface area contributed by atoms with Gasteiger partial charge in [-0.2, -0.15) is 0 Å². The molecule has 0 bridgehead atoms. The van der Waals surface area contributed by atoms with Crippen molar-refractivity contribution in [1.82, 2.24) is 0 Å². The third-order valence-corrected chi connectivity index (χ3v) is 13.5. The van der Waals surface area contributed by atoms with Crippen LogP contribution in [0.5, 0.6) is 0 Å². The summed E-state index contributed by atoms with van der Waals surface area (Å²) in [4.78, 5) is 0. The fraction of sp³-hybridized carbons (Fsp3) is 0.107. The van der Waals surface area contributed by atoms with Crippen molar-refractivity contribution in [3.8, 4) is 55.6 Å². The second-order valence-corrected chi connectivity index (χ2v) is 17.2. The van der Waals surface area contributed by atoms with Crippen molar-refractivity contribution < 1.29 is 4.42 Å². The minimum Gasteiger partial charge on any atom is -0.456 e. The lowest BCUT2D eigenvalue weighted by Crippen LogP contribution is -2.14. The minimum absolute atomic E-state index is 0.0754. The molecule has 57 heavy (non-hydrogen) atoms. The Kier molecular flexibility index (Phi) is 6.53. The van der Waals surface area contributed by atoms with Crippen LogP contribution in [0.2, 0.25) is 0 Å². The van der Waals surface area contributed by atoms with Gasteiger partial charge < -0.3 is 4.42 Å². The zero-order valence-corrected chi connectivity index (χ0v) is 32.6. The third-order valence-electron chi connectivity index (χ3n) is 13.5. The first-order chi connectivity index (χ1) is 27.8. The second-order valence-electron chi connectivity index (χ2n) is 17.2. The van der Waals surface area contributed by atoms with Gasteiger partial charge in [0.1, 0.15) is 11.2 Å². The maximum absolute atomic E-state index is 6.31. The van der Waals surface area contributed by atoms with Crippen LogP contribution in [0.3, 0.4) is 0 Å². The highest BCUT2D eigenvalue weighted by atomic mass is 16.3. The highest BCUT2D eigenvalue weighted by molar-refractivity contribution is 6.24. The van der Waals surface area contributed by atoms with E-state index in [-0.39, 0.29) is 10.8 Å². The molecule has 0 fully saturated rings. The van der Waals surface area contributed by atoms with Crippen molar-refractivity contribution in [3.05, 3.63) is 192 Å². The summed E-state index contributed by atoms with van der Waals surface area (Å²) in [7, 11) is 0. The molecule has 0 N–H and O–H groups in total. The van der Waals surface area contributed by atoms with Gasteiger partial charge in [0.05, 0.1) is 0 Å². The number of para-hydroxylation sites is 1. The molecule has 1 nitrogen and oxygen atoms in total. The Bertz CT molecular complexity index is 3350. The molecular weight excluding hydrogens is 689 g/mol. The van der Waals surface area contributed by atoms with Crippen LogP contribution in [-0.4, -0.2) is 0 Å². The first kappa shape index (κ1) is 32.5. The molecule has 1 heteroatoms. The summed E-state index contributed by atoms with van der Waals surface area (Å²) in [5, 5.41) is 7.30. The average Bonchev–Trinajstić information content (AvgIpc) is 3.82. The minimum atomic E-state index is -0.101. The van der Waals surface area contributed by atoms with Crippen LogP contribution in [0.1, 0.15) is 49.9 Å². The average molecular weight is 729 g/mol. The number of rotatable bonds is 3. The maximum atomic E-state index is 6.31. The molecule has 9 aromatic carbocycles. The molecule has 2 aliphatic carbocycles. The molecule has 1 heterocycles. The normalized spacial score (nSPS) is 14.6. The van der Waals surface area contributed by atoms with Gasteiger partial charge >= 0.3 is 0 Å². The van der Waals surface area contributed by atoms with Crippen LogP contribution in [0.15, 0.2) is 174 Å². The standard InChI is InChI=1S/C56H40O/c1-55(2)47-21-11-8-18-42(47)54-43(19-13-22-48(54)55)53-40-17-6-5-16-39(40)52(35-26-29-51-44(31-35)38-15-9-12-23-50(38)57-51)41-28-25-33(30-45(41)53)34-24-27-37-36-14-7-10-20-46(36)56(3,4)49(37)32-34/h5-32H,1-4H3. The highest BCUT2D eigenvalue weighted by Gasteiger charge is 2.38. The second kappa shape index (κ2) is 11.4. The van der Waals surface area contributed by atoms with Crippen LogP contribution < -0.4 is 0 Å². The molecule has 2 aliphatic rings. The smallest absolute Gasteiger partial charge is 0.135 e. The molecule has 0 unspecified atom stereocenters. The molecular formula is C56H40O. The van der Waals surface area contributed by atoms with Gasteiger partial charge in [0, 0.05) is 21.6 Å². The SMILES string of the molecule is CC1(C)c2ccccc2-c2ccc(-c3ccc4c(-c5ccc6oc7ccccc7c6c5)c5ccccc5c(-c5cccc6c5-c5ccccc5C6(C)C)c4c3)cc21. The summed E-state index contributed by atoms with van der Waals surface area (Å²) in [5.74, 6) is 0. The topological polar surface area (TPSA) is 13.1 Å². The monoisotopic (exact) mass is 728 g/mol. The summed E-state index contributed by atoms with van der Waals surface area (Å²) < 4.78 is 6.31. The maximum Gasteiger partial charge on any atom is 0.135 e. The van der Waals surface area contributed by atoms with Gasteiger partial charge in [-0.1, -0.05) is 167 Å². The summed E-state index contributed by atoms with van der Waals surface area (Å²) in [6.45, 7) is 9.49. The Balaban J connectivity index is 1.18. The molecule has 0 saturated heterocycles. The number of hydrogen-bond acceptors (Lipinski definition) is 1. The molecule has 0 radical (unpaired) electrons. The van der Waals surface area contributed by atoms with Gasteiger partial charge in [-0.25, -0.2) is 0 Å². The van der Waals surface area contributed by atoms with Crippen molar-refractivity contribution in [2.45, 2.75) is 38.5 Å². The predicted molar refractivity (Wildman–Crippen MR) is 240 cm³/mol. The predicted octanol–water partition coefficient (Wildman–Crippen LogP) is 15.5. The lowest BCUT2D eigenvalue weighted by atomic mass is 9.80. The Morgan fingerprint density at radius 3 is 1.65 bits per heavy atom. The van der Waals surface area contributed by atoms with E-state index in [4.69, 9.17) is 4.42 Å². The van der Waals surface area contributed by atoms with Gasteiger partial charge in [0.25, 0.3) is 0 Å². The molecule has 0 saturated carbocycles. The first-order valence-corrected chi connectivity index (χ1v) is 20.2. The van der Waals surface area contributed by atoms with Gasteiger partial charge in [0.2, 0.25) is 0 Å². The van der Waals surface area contributed by atoms with Crippen molar-refractivity contribution in [1.29, 1.82) is 0 Å². The Hall–Kier alpha value is -6.70. The van der Waals surface area contributed by atoms with E-state index in [0.29, 0.717) is 0 Å². The molecule has 10 aromatic rings. The summed E-state index contributed by atoms with van der Waals surface area (Å²) in [6.07, 6.45) is 0. The molecule has 1 aromatic heterocycles. The fourth-order valence-electron chi connectivity index (χ4n) is 10.7. The highest BCUT2D eigenvalue weighted by Crippen LogP contribution is 2.55. The molecule has 0 amide bonds. The zero-order valence-electron chi connectivity index (χ0n) is 32.6. The van der Waals surface area contributed by atoms with Gasteiger partial charge in [-0.15, -0.1) is 0 Å². The van der Waals surface area contributed by atoms with Gasteiger partial charge in [-0.3, -0.25) is 0 Å². The number of fused-ring (bicyclic) bond motifs is 11. The van der Waals surface area contributed by atoms with Gasteiger partial charge in [-0.05, 0) is 130 Å². The Morgan fingerprint density at radius 1 is 0.298 bits per heavy atom. The summed E-state index contributed by atoms with van der Waals surface area (Å²) >= 11 is 0. The van der Waals surface area contributed by atoms with E-state index in [1.807, 2.05) is 6.07 Å². The third kappa shape index (κ3) is 4.40. The summed E-state index contributed by atoms with van der Waals surface area (Å²) in [6, 6.07) is 63.5. The quantitative estimate of drug-likeness (QED) is 0.165. The van der Waals surface area contributed by atoms with Crippen LogP contribution in [0, 0.1) is 0 Å². The van der Waals surface area contributed by atoms with Crippen molar-refractivity contribution in [2.24, 2.45) is 0 Å². The zero-order chi connectivity index (χ0) is 38.2. The van der Waals surface area contributed by atoms with Crippen molar-refractivity contribution in [2.75, 3.05) is 0 Å². The van der Waals surface area contributed by atoms with E-state index in [9.17, 15) is 0 Å².